The fourth-order valence-corrected chi connectivity index (χ4v) is 4.73. The third-order valence-electron chi connectivity index (χ3n) is 5.62. The van der Waals surface area contributed by atoms with Gasteiger partial charge in [0.2, 0.25) is 0 Å². The standard InChI is InChI=1S/C26H34N2O2S/c1-4-7-23(27)26(29)30-18-28-14-12-21(13-15-28)17-22-8-5-6-9-25(22)31-24-11-10-19(2)16-20(24)3/h5-6,8-11,16-17,23H,4,7,12-15,18,27H2,1-3H3/t23-/m0/s1. The summed E-state index contributed by atoms with van der Waals surface area (Å²) < 4.78 is 5.39. The average Bonchev–Trinajstić information content (AvgIpc) is 2.76. The van der Waals surface area contributed by atoms with E-state index in [1.807, 2.05) is 18.7 Å². The van der Waals surface area contributed by atoms with Crippen molar-refractivity contribution in [2.75, 3.05) is 19.8 Å². The van der Waals surface area contributed by atoms with E-state index in [1.54, 1.807) is 0 Å². The highest BCUT2D eigenvalue weighted by atomic mass is 32.2. The zero-order valence-electron chi connectivity index (χ0n) is 18.9. The summed E-state index contributed by atoms with van der Waals surface area (Å²) in [6.07, 6.45) is 5.87. The van der Waals surface area contributed by atoms with Crippen LogP contribution >= 0.6 is 11.8 Å². The van der Waals surface area contributed by atoms with Crippen molar-refractivity contribution in [2.24, 2.45) is 5.73 Å². The lowest BCUT2D eigenvalue weighted by Gasteiger charge is -2.28. The summed E-state index contributed by atoms with van der Waals surface area (Å²) in [6, 6.07) is 14.7. The Morgan fingerprint density at radius 1 is 1.16 bits per heavy atom. The molecule has 4 nitrogen and oxygen atoms in total. The molecule has 1 aliphatic heterocycles. The van der Waals surface area contributed by atoms with E-state index < -0.39 is 6.04 Å². The Kier molecular flexibility index (Phi) is 8.76. The molecular formula is C26H34N2O2S. The van der Waals surface area contributed by atoms with E-state index in [0.717, 1.165) is 32.4 Å². The maximum absolute atomic E-state index is 11.9. The van der Waals surface area contributed by atoms with E-state index in [9.17, 15) is 4.79 Å². The Balaban J connectivity index is 1.58. The lowest BCUT2D eigenvalue weighted by atomic mass is 10.0. The van der Waals surface area contributed by atoms with Crippen molar-refractivity contribution in [3.63, 3.8) is 0 Å². The van der Waals surface area contributed by atoms with Crippen LogP contribution in [-0.2, 0) is 9.53 Å². The zero-order chi connectivity index (χ0) is 22.2. The van der Waals surface area contributed by atoms with Crippen LogP contribution in [0.2, 0.25) is 0 Å². The lowest BCUT2D eigenvalue weighted by molar-refractivity contribution is -0.150. The van der Waals surface area contributed by atoms with E-state index >= 15 is 0 Å². The van der Waals surface area contributed by atoms with Crippen molar-refractivity contribution in [3.05, 3.63) is 64.7 Å². The molecule has 1 saturated heterocycles. The number of hydrogen-bond acceptors (Lipinski definition) is 5. The van der Waals surface area contributed by atoms with Gasteiger partial charge in [-0.25, -0.2) is 0 Å². The minimum absolute atomic E-state index is 0.291. The molecule has 1 aliphatic rings. The second-order valence-corrected chi connectivity index (χ2v) is 9.40. The second-order valence-electron chi connectivity index (χ2n) is 8.32. The molecule has 0 radical (unpaired) electrons. The summed E-state index contributed by atoms with van der Waals surface area (Å²) in [5.41, 5.74) is 11.2. The van der Waals surface area contributed by atoms with E-state index in [1.165, 1.54) is 32.1 Å². The number of nitrogens with two attached hydrogens (primary N) is 1. The number of rotatable bonds is 8. The molecule has 31 heavy (non-hydrogen) atoms. The van der Waals surface area contributed by atoms with Gasteiger partial charge in [0.25, 0.3) is 0 Å². The van der Waals surface area contributed by atoms with E-state index in [4.69, 9.17) is 10.5 Å². The molecule has 0 aromatic heterocycles. The summed E-state index contributed by atoms with van der Waals surface area (Å²) in [4.78, 5) is 16.7. The molecule has 3 rings (SSSR count). The topological polar surface area (TPSA) is 55.6 Å². The number of carbonyl (C=O) groups excluding carboxylic acids is 1. The van der Waals surface area contributed by atoms with Gasteiger partial charge in [0, 0.05) is 22.9 Å². The molecule has 0 bridgehead atoms. The SMILES string of the molecule is CCC[C@H](N)C(=O)OCN1CCC(=Cc2ccccc2Sc2ccc(C)cc2C)CC1. The maximum atomic E-state index is 11.9. The molecule has 2 aromatic carbocycles. The van der Waals surface area contributed by atoms with Crippen molar-refractivity contribution in [1.29, 1.82) is 0 Å². The highest BCUT2D eigenvalue weighted by molar-refractivity contribution is 7.99. The number of nitrogens with zero attached hydrogens (tertiary/aromatic N) is 1. The van der Waals surface area contributed by atoms with E-state index in [-0.39, 0.29) is 5.97 Å². The van der Waals surface area contributed by atoms with Crippen LogP contribution in [0, 0.1) is 13.8 Å². The highest BCUT2D eigenvalue weighted by Gasteiger charge is 2.18. The van der Waals surface area contributed by atoms with Gasteiger partial charge in [-0.15, -0.1) is 0 Å². The quantitative estimate of drug-likeness (QED) is 0.547. The summed E-state index contributed by atoms with van der Waals surface area (Å²) in [6.45, 7) is 8.46. The molecule has 5 heteroatoms. The molecule has 0 unspecified atom stereocenters. The molecule has 0 spiro atoms. The van der Waals surface area contributed by atoms with Gasteiger partial charge in [-0.1, -0.05) is 72.7 Å². The summed E-state index contributed by atoms with van der Waals surface area (Å²) >= 11 is 1.83. The highest BCUT2D eigenvalue weighted by Crippen LogP contribution is 2.34. The van der Waals surface area contributed by atoms with Crippen LogP contribution in [-0.4, -0.2) is 36.7 Å². The third-order valence-corrected chi connectivity index (χ3v) is 6.89. The number of piperidine rings is 1. The smallest absolute Gasteiger partial charge is 0.324 e. The molecule has 1 atom stereocenters. The van der Waals surface area contributed by atoms with Gasteiger partial charge in [0.05, 0.1) is 0 Å². The number of carbonyl (C=O) groups is 1. The van der Waals surface area contributed by atoms with Gasteiger partial charge in [-0.05, 0) is 56.4 Å². The Morgan fingerprint density at radius 2 is 1.90 bits per heavy atom. The number of ether oxygens (including phenoxy) is 1. The van der Waals surface area contributed by atoms with Crippen LogP contribution in [0.1, 0.15) is 49.3 Å². The first-order chi connectivity index (χ1) is 15.0. The molecule has 2 N–H and O–H groups in total. The summed E-state index contributed by atoms with van der Waals surface area (Å²) in [5.74, 6) is -0.291. The first-order valence-corrected chi connectivity index (χ1v) is 12.0. The van der Waals surface area contributed by atoms with Gasteiger partial charge in [0.15, 0.2) is 0 Å². The van der Waals surface area contributed by atoms with Gasteiger partial charge in [-0.2, -0.15) is 0 Å². The van der Waals surface area contributed by atoms with Gasteiger partial charge < -0.3 is 10.5 Å². The number of likely N-dealkylation sites (tertiary alicyclic amines) is 1. The number of aryl methyl sites for hydroxylation is 2. The Labute approximate surface area is 190 Å². The van der Waals surface area contributed by atoms with Gasteiger partial charge in [0.1, 0.15) is 12.8 Å². The Bertz CT molecular complexity index is 915. The third kappa shape index (κ3) is 6.96. The molecule has 1 heterocycles. The summed E-state index contributed by atoms with van der Waals surface area (Å²) in [7, 11) is 0. The number of hydrogen-bond donors (Lipinski definition) is 1. The predicted molar refractivity (Wildman–Crippen MR) is 129 cm³/mol. The van der Waals surface area contributed by atoms with Crippen LogP contribution in [0.25, 0.3) is 6.08 Å². The van der Waals surface area contributed by atoms with Crippen molar-refractivity contribution in [1.82, 2.24) is 4.90 Å². The van der Waals surface area contributed by atoms with Crippen LogP contribution in [0.4, 0.5) is 0 Å². The molecule has 0 saturated carbocycles. The van der Waals surface area contributed by atoms with Crippen LogP contribution in [0.5, 0.6) is 0 Å². The van der Waals surface area contributed by atoms with E-state index in [2.05, 4.69) is 67.3 Å². The largest absolute Gasteiger partial charge is 0.448 e. The molecule has 166 valence electrons. The van der Waals surface area contributed by atoms with Gasteiger partial charge >= 0.3 is 5.97 Å². The van der Waals surface area contributed by atoms with Gasteiger partial charge in [-0.3, -0.25) is 9.69 Å². The zero-order valence-corrected chi connectivity index (χ0v) is 19.7. The van der Waals surface area contributed by atoms with Crippen LogP contribution in [0.15, 0.2) is 57.8 Å². The maximum Gasteiger partial charge on any atom is 0.324 e. The number of esters is 1. The minimum Gasteiger partial charge on any atom is -0.448 e. The second kappa shape index (κ2) is 11.5. The Morgan fingerprint density at radius 3 is 2.61 bits per heavy atom. The molecule has 2 aromatic rings. The molecular weight excluding hydrogens is 404 g/mol. The first-order valence-electron chi connectivity index (χ1n) is 11.1. The fourth-order valence-electron chi connectivity index (χ4n) is 3.75. The number of benzene rings is 2. The van der Waals surface area contributed by atoms with Crippen molar-refractivity contribution in [3.8, 4) is 0 Å². The minimum atomic E-state index is -0.503. The first kappa shape index (κ1) is 23.6. The van der Waals surface area contributed by atoms with E-state index in [0.29, 0.717) is 13.2 Å². The summed E-state index contributed by atoms with van der Waals surface area (Å²) in [5, 5.41) is 0. The average molecular weight is 439 g/mol. The normalized spacial score (nSPS) is 15.5. The van der Waals surface area contributed by atoms with Crippen LogP contribution in [0.3, 0.4) is 0 Å². The molecule has 0 aliphatic carbocycles. The Hall–Kier alpha value is -2.08. The predicted octanol–water partition coefficient (Wildman–Crippen LogP) is 5.56. The molecule has 1 fully saturated rings. The van der Waals surface area contributed by atoms with Crippen molar-refractivity contribution < 1.29 is 9.53 Å². The lowest BCUT2D eigenvalue weighted by Crippen LogP contribution is -2.38. The monoisotopic (exact) mass is 438 g/mol. The van der Waals surface area contributed by atoms with Crippen LogP contribution < -0.4 is 5.73 Å². The fraction of sp³-hybridized carbons (Fsp3) is 0.423. The molecule has 0 amide bonds. The van der Waals surface area contributed by atoms with Crippen molar-refractivity contribution in [2.45, 2.75) is 62.3 Å². The van der Waals surface area contributed by atoms with Crippen molar-refractivity contribution >= 4 is 23.8 Å².